The van der Waals surface area contributed by atoms with Gasteiger partial charge in [0.05, 0.1) is 6.07 Å². The molecule has 0 unspecified atom stereocenters. The first-order valence-corrected chi connectivity index (χ1v) is 9.54. The smallest absolute Gasteiger partial charge is 0.0908 e. The molecular weight excluding hydrogens is 266 g/mol. The Kier molecular flexibility index (Phi) is 7.78. The summed E-state index contributed by atoms with van der Waals surface area (Å²) in [6.07, 6.45) is 23.8. The third-order valence-electron chi connectivity index (χ3n) is 5.95. The maximum atomic E-state index is 8.49. The molecule has 1 nitrogen and oxygen atoms in total. The molecule has 2 rings (SSSR count). The van der Waals surface area contributed by atoms with E-state index in [0.29, 0.717) is 0 Å². The zero-order valence-corrected chi connectivity index (χ0v) is 14.3. The fourth-order valence-electron chi connectivity index (χ4n) is 4.24. The van der Waals surface area contributed by atoms with Crippen molar-refractivity contribution in [3.8, 4) is 6.07 Å². The highest BCUT2D eigenvalue weighted by Gasteiger charge is 2.21. The van der Waals surface area contributed by atoms with Crippen molar-refractivity contribution in [2.75, 3.05) is 0 Å². The highest BCUT2D eigenvalue weighted by Crippen LogP contribution is 2.35. The highest BCUT2D eigenvalue weighted by molar-refractivity contribution is 5.01. The molecule has 0 aromatic rings. The van der Waals surface area contributed by atoms with Crippen molar-refractivity contribution in [3.05, 3.63) is 24.3 Å². The van der Waals surface area contributed by atoms with Crippen molar-refractivity contribution in [1.29, 1.82) is 5.26 Å². The number of hydrogen-bond donors (Lipinski definition) is 0. The minimum Gasteiger partial charge on any atom is -0.193 e. The van der Waals surface area contributed by atoms with Gasteiger partial charge in [-0.3, -0.25) is 0 Å². The SMILES string of the molecule is CCC1CCC(C=CC2CCC(CCC=CC#N)CC2)CC1. The first kappa shape index (κ1) is 17.3. The molecule has 0 aromatic carbocycles. The van der Waals surface area contributed by atoms with Gasteiger partial charge in [0.25, 0.3) is 0 Å². The molecule has 2 fully saturated rings. The Hall–Kier alpha value is -1.03. The van der Waals surface area contributed by atoms with Crippen molar-refractivity contribution >= 4 is 0 Å². The van der Waals surface area contributed by atoms with Gasteiger partial charge < -0.3 is 0 Å². The Morgan fingerprint density at radius 2 is 1.41 bits per heavy atom. The maximum absolute atomic E-state index is 8.49. The molecule has 0 N–H and O–H groups in total. The number of allylic oxidation sites excluding steroid dienone is 4. The molecule has 2 aliphatic carbocycles. The molecule has 0 bridgehead atoms. The average Bonchev–Trinajstić information content (AvgIpc) is 2.58. The average molecular weight is 300 g/mol. The van der Waals surface area contributed by atoms with E-state index in [-0.39, 0.29) is 0 Å². The van der Waals surface area contributed by atoms with Gasteiger partial charge >= 0.3 is 0 Å². The van der Waals surface area contributed by atoms with Gasteiger partial charge in [-0.25, -0.2) is 0 Å². The third kappa shape index (κ3) is 5.99. The van der Waals surface area contributed by atoms with Crippen molar-refractivity contribution in [2.24, 2.45) is 23.7 Å². The number of rotatable bonds is 6. The van der Waals surface area contributed by atoms with Crippen LogP contribution in [0.3, 0.4) is 0 Å². The normalized spacial score (nSPS) is 33.3. The zero-order valence-electron chi connectivity index (χ0n) is 14.3. The zero-order chi connectivity index (χ0) is 15.6. The molecule has 0 aliphatic heterocycles. The van der Waals surface area contributed by atoms with E-state index in [4.69, 9.17) is 5.26 Å². The van der Waals surface area contributed by atoms with Crippen LogP contribution in [0.25, 0.3) is 0 Å². The summed E-state index contributed by atoms with van der Waals surface area (Å²) in [5, 5.41) is 8.49. The second-order valence-electron chi connectivity index (χ2n) is 7.46. The van der Waals surface area contributed by atoms with E-state index >= 15 is 0 Å². The van der Waals surface area contributed by atoms with Crippen molar-refractivity contribution in [3.63, 3.8) is 0 Å². The van der Waals surface area contributed by atoms with Crippen LogP contribution in [-0.4, -0.2) is 0 Å². The maximum Gasteiger partial charge on any atom is 0.0908 e. The predicted molar refractivity (Wildman–Crippen MR) is 94.3 cm³/mol. The summed E-state index contributed by atoms with van der Waals surface area (Å²) >= 11 is 0. The van der Waals surface area contributed by atoms with E-state index in [1.54, 1.807) is 6.08 Å². The third-order valence-corrected chi connectivity index (χ3v) is 5.95. The van der Waals surface area contributed by atoms with Gasteiger partial charge in [0.2, 0.25) is 0 Å². The van der Waals surface area contributed by atoms with Crippen molar-refractivity contribution in [1.82, 2.24) is 0 Å². The highest BCUT2D eigenvalue weighted by atomic mass is 14.3. The predicted octanol–water partition coefficient (Wildman–Crippen LogP) is 6.43. The van der Waals surface area contributed by atoms with Crippen LogP contribution in [0, 0.1) is 35.0 Å². The Bertz CT molecular complexity index is 385. The van der Waals surface area contributed by atoms with Crippen LogP contribution in [0.5, 0.6) is 0 Å². The van der Waals surface area contributed by atoms with Gasteiger partial charge in [0.15, 0.2) is 0 Å². The van der Waals surface area contributed by atoms with Gasteiger partial charge in [-0.05, 0) is 87.9 Å². The lowest BCUT2D eigenvalue weighted by Gasteiger charge is -2.28. The van der Waals surface area contributed by atoms with E-state index in [2.05, 4.69) is 25.1 Å². The first-order valence-electron chi connectivity index (χ1n) is 9.54. The summed E-state index contributed by atoms with van der Waals surface area (Å²) in [5.74, 6) is 3.62. The molecule has 0 atom stereocenters. The van der Waals surface area contributed by atoms with Crippen LogP contribution in [0.4, 0.5) is 0 Å². The second kappa shape index (κ2) is 9.88. The lowest BCUT2D eigenvalue weighted by Crippen LogP contribution is -2.14. The number of nitriles is 1. The molecule has 1 heteroatoms. The monoisotopic (exact) mass is 299 g/mol. The van der Waals surface area contributed by atoms with Crippen LogP contribution in [-0.2, 0) is 0 Å². The summed E-state index contributed by atoms with van der Waals surface area (Å²) in [6.45, 7) is 2.34. The molecule has 0 amide bonds. The largest absolute Gasteiger partial charge is 0.193 e. The van der Waals surface area contributed by atoms with E-state index < -0.39 is 0 Å². The molecule has 0 spiro atoms. The Morgan fingerprint density at radius 3 is 1.91 bits per heavy atom. The van der Waals surface area contributed by atoms with Crippen molar-refractivity contribution in [2.45, 2.75) is 77.6 Å². The summed E-state index contributed by atoms with van der Waals surface area (Å²) in [6, 6.07) is 2.08. The van der Waals surface area contributed by atoms with Gasteiger partial charge in [0, 0.05) is 6.08 Å². The summed E-state index contributed by atoms with van der Waals surface area (Å²) < 4.78 is 0. The van der Waals surface area contributed by atoms with E-state index in [1.807, 2.05) is 6.08 Å². The fourth-order valence-corrected chi connectivity index (χ4v) is 4.24. The fraction of sp³-hybridized carbons (Fsp3) is 0.762. The molecule has 0 saturated heterocycles. The summed E-state index contributed by atoms with van der Waals surface area (Å²) in [5.41, 5.74) is 0. The molecule has 0 radical (unpaired) electrons. The Balaban J connectivity index is 1.62. The molecule has 2 aliphatic rings. The molecule has 122 valence electrons. The van der Waals surface area contributed by atoms with Crippen molar-refractivity contribution < 1.29 is 0 Å². The molecule has 22 heavy (non-hydrogen) atoms. The van der Waals surface area contributed by atoms with Crippen LogP contribution < -0.4 is 0 Å². The van der Waals surface area contributed by atoms with Gasteiger partial charge in [0.1, 0.15) is 0 Å². The van der Waals surface area contributed by atoms with E-state index in [9.17, 15) is 0 Å². The molecule has 0 aromatic heterocycles. The lowest BCUT2D eigenvalue weighted by molar-refractivity contribution is 0.290. The van der Waals surface area contributed by atoms with Crippen LogP contribution in [0.15, 0.2) is 24.3 Å². The second-order valence-corrected chi connectivity index (χ2v) is 7.46. The van der Waals surface area contributed by atoms with Crippen LogP contribution in [0.2, 0.25) is 0 Å². The van der Waals surface area contributed by atoms with Gasteiger partial charge in [-0.15, -0.1) is 0 Å². The van der Waals surface area contributed by atoms with Crippen LogP contribution >= 0.6 is 0 Å². The number of hydrogen-bond acceptors (Lipinski definition) is 1. The molecule has 2 saturated carbocycles. The quantitative estimate of drug-likeness (QED) is 0.410. The summed E-state index contributed by atoms with van der Waals surface area (Å²) in [4.78, 5) is 0. The van der Waals surface area contributed by atoms with Crippen LogP contribution in [0.1, 0.15) is 77.6 Å². The standard InChI is InChI=1S/C21H33N/c1-2-18-7-9-20(10-8-18)15-16-21-13-11-19(12-14-21)6-4-3-5-17-22/h3,5,15-16,18-21H,2,4,6-14H2,1H3. The topological polar surface area (TPSA) is 23.8 Å². The first-order chi connectivity index (χ1) is 10.8. The Morgan fingerprint density at radius 1 is 0.864 bits per heavy atom. The minimum absolute atomic E-state index is 0.842. The van der Waals surface area contributed by atoms with E-state index in [0.717, 1.165) is 30.1 Å². The van der Waals surface area contributed by atoms with E-state index in [1.165, 1.54) is 64.2 Å². The van der Waals surface area contributed by atoms with Gasteiger partial charge in [-0.1, -0.05) is 31.6 Å². The summed E-state index contributed by atoms with van der Waals surface area (Å²) in [7, 11) is 0. The Labute approximate surface area is 137 Å². The molecular formula is C21H33N. The van der Waals surface area contributed by atoms with Gasteiger partial charge in [-0.2, -0.15) is 5.26 Å². The number of nitrogens with zero attached hydrogens (tertiary/aromatic N) is 1. The minimum atomic E-state index is 0.842. The molecule has 0 heterocycles. The lowest BCUT2D eigenvalue weighted by atomic mass is 9.78.